The second-order valence-corrected chi connectivity index (χ2v) is 7.67. The number of methoxy groups -OCH3 is 1. The third-order valence-electron chi connectivity index (χ3n) is 5.10. The molecule has 0 amide bonds. The number of hydrogen-bond donors (Lipinski definition) is 0. The lowest BCUT2D eigenvalue weighted by molar-refractivity contribution is -0.125. The predicted molar refractivity (Wildman–Crippen MR) is 117 cm³/mol. The molecule has 3 aromatic rings. The first-order valence-electron chi connectivity index (χ1n) is 9.87. The van der Waals surface area contributed by atoms with Gasteiger partial charge in [-0.25, -0.2) is 0 Å². The molecule has 0 N–H and O–H groups in total. The molecule has 4 heteroatoms. The number of rotatable bonds is 6. The molecule has 1 heterocycles. The molecule has 1 aliphatic heterocycles. The molecular weight excluding hydrogens is 376 g/mol. The maximum Gasteiger partial charge on any atom is 0.210 e. The summed E-state index contributed by atoms with van der Waals surface area (Å²) >= 11 is 0. The van der Waals surface area contributed by atoms with Gasteiger partial charge in [-0.2, -0.15) is 0 Å². The topological polar surface area (TPSA) is 44.8 Å². The van der Waals surface area contributed by atoms with Gasteiger partial charge in [-0.3, -0.25) is 4.79 Å². The predicted octanol–water partition coefficient (Wildman–Crippen LogP) is 5.52. The summed E-state index contributed by atoms with van der Waals surface area (Å²) in [6.45, 7) is 4.08. The van der Waals surface area contributed by atoms with Gasteiger partial charge in [-0.05, 0) is 61.4 Å². The first kappa shape index (κ1) is 19.8. The van der Waals surface area contributed by atoms with Crippen molar-refractivity contribution >= 4 is 17.1 Å². The molecular formula is C26H24O4. The lowest BCUT2D eigenvalue weighted by Gasteiger charge is -2.17. The van der Waals surface area contributed by atoms with E-state index in [1.807, 2.05) is 78.9 Å². The molecule has 1 aliphatic rings. The van der Waals surface area contributed by atoms with Gasteiger partial charge in [0.2, 0.25) is 5.78 Å². The summed E-state index contributed by atoms with van der Waals surface area (Å²) in [5, 5.41) is 0. The van der Waals surface area contributed by atoms with Crippen LogP contribution in [0.1, 0.15) is 30.5 Å². The molecule has 0 aromatic heterocycles. The van der Waals surface area contributed by atoms with Crippen LogP contribution >= 0.6 is 0 Å². The lowest BCUT2D eigenvalue weighted by atomic mass is 9.92. The van der Waals surface area contributed by atoms with Gasteiger partial charge >= 0.3 is 0 Å². The van der Waals surface area contributed by atoms with Gasteiger partial charge in [0.15, 0.2) is 5.60 Å². The van der Waals surface area contributed by atoms with Gasteiger partial charge in [0.1, 0.15) is 23.9 Å². The summed E-state index contributed by atoms with van der Waals surface area (Å²) in [7, 11) is 1.62. The third kappa shape index (κ3) is 3.94. The smallest absolute Gasteiger partial charge is 0.210 e. The first-order chi connectivity index (χ1) is 14.5. The largest absolute Gasteiger partial charge is 0.497 e. The van der Waals surface area contributed by atoms with E-state index in [2.05, 4.69) is 0 Å². The normalized spacial score (nSPS) is 15.1. The third-order valence-corrected chi connectivity index (χ3v) is 5.10. The molecule has 0 saturated carbocycles. The van der Waals surface area contributed by atoms with E-state index in [1.54, 1.807) is 21.0 Å². The Morgan fingerprint density at radius 1 is 0.800 bits per heavy atom. The Balaban J connectivity index is 1.62. The highest BCUT2D eigenvalue weighted by Gasteiger charge is 2.42. The Morgan fingerprint density at radius 2 is 1.40 bits per heavy atom. The highest BCUT2D eigenvalue weighted by Crippen LogP contribution is 2.41. The van der Waals surface area contributed by atoms with Crippen molar-refractivity contribution in [3.05, 3.63) is 95.6 Å². The fraction of sp³-hybridized carbons (Fsp3) is 0.192. The molecule has 0 atom stereocenters. The standard InChI is InChI=1S/C26H24O4/c1-26(2)25(27)23(24(30-26)20-11-13-21(28-3)14-12-20)19-9-15-22(16-10-19)29-17-18-7-5-4-6-8-18/h4-16H,17H2,1-3H3. The quantitative estimate of drug-likeness (QED) is 0.546. The summed E-state index contributed by atoms with van der Waals surface area (Å²) in [4.78, 5) is 13.1. The maximum atomic E-state index is 13.1. The molecule has 0 bridgehead atoms. The lowest BCUT2D eigenvalue weighted by Crippen LogP contribution is -2.29. The van der Waals surface area contributed by atoms with Crippen LogP contribution in [0.2, 0.25) is 0 Å². The molecule has 0 saturated heterocycles. The highest BCUT2D eigenvalue weighted by molar-refractivity contribution is 6.32. The summed E-state index contributed by atoms with van der Waals surface area (Å²) in [6.07, 6.45) is 0. The maximum absolute atomic E-state index is 13.1. The zero-order valence-corrected chi connectivity index (χ0v) is 17.3. The van der Waals surface area contributed by atoms with Crippen LogP contribution in [-0.2, 0) is 16.1 Å². The zero-order valence-electron chi connectivity index (χ0n) is 17.3. The fourth-order valence-electron chi connectivity index (χ4n) is 3.42. The van der Waals surface area contributed by atoms with Crippen LogP contribution in [0.5, 0.6) is 11.5 Å². The monoisotopic (exact) mass is 400 g/mol. The van der Waals surface area contributed by atoms with Crippen LogP contribution in [0, 0.1) is 0 Å². The Bertz CT molecular complexity index is 1060. The van der Waals surface area contributed by atoms with Crippen LogP contribution in [0.4, 0.5) is 0 Å². The van der Waals surface area contributed by atoms with E-state index in [0.717, 1.165) is 28.2 Å². The van der Waals surface area contributed by atoms with Crippen LogP contribution < -0.4 is 9.47 Å². The van der Waals surface area contributed by atoms with Gasteiger partial charge in [-0.15, -0.1) is 0 Å². The Hall–Kier alpha value is -3.53. The number of carbonyl (C=O) groups is 1. The van der Waals surface area contributed by atoms with Crippen LogP contribution in [0.15, 0.2) is 78.9 Å². The van der Waals surface area contributed by atoms with Crippen molar-refractivity contribution in [2.24, 2.45) is 0 Å². The van der Waals surface area contributed by atoms with Crippen molar-refractivity contribution < 1.29 is 19.0 Å². The number of Topliss-reactive ketones (excluding diaryl/α,β-unsaturated/α-hetero) is 1. The first-order valence-corrected chi connectivity index (χ1v) is 9.87. The van der Waals surface area contributed by atoms with Crippen molar-refractivity contribution in [2.75, 3.05) is 7.11 Å². The molecule has 30 heavy (non-hydrogen) atoms. The van der Waals surface area contributed by atoms with Gasteiger partial charge < -0.3 is 14.2 Å². The van der Waals surface area contributed by atoms with Crippen LogP contribution in [-0.4, -0.2) is 18.5 Å². The highest BCUT2D eigenvalue weighted by atomic mass is 16.5. The van der Waals surface area contributed by atoms with Gasteiger partial charge in [0.05, 0.1) is 12.7 Å². The number of ether oxygens (including phenoxy) is 3. The molecule has 0 radical (unpaired) electrons. The summed E-state index contributed by atoms with van der Waals surface area (Å²) in [5.74, 6) is 2.06. The average Bonchev–Trinajstić information content (AvgIpc) is 3.02. The van der Waals surface area contributed by atoms with Gasteiger partial charge in [0, 0.05) is 5.56 Å². The molecule has 0 aliphatic carbocycles. The van der Waals surface area contributed by atoms with Crippen molar-refractivity contribution in [2.45, 2.75) is 26.1 Å². The second-order valence-electron chi connectivity index (χ2n) is 7.67. The van der Waals surface area contributed by atoms with Crippen LogP contribution in [0.3, 0.4) is 0 Å². The van der Waals surface area contributed by atoms with Gasteiger partial charge in [-0.1, -0.05) is 42.5 Å². The van der Waals surface area contributed by atoms with Crippen LogP contribution in [0.25, 0.3) is 11.3 Å². The number of benzene rings is 3. The average molecular weight is 400 g/mol. The molecule has 4 nitrogen and oxygen atoms in total. The van der Waals surface area contributed by atoms with E-state index in [1.165, 1.54) is 0 Å². The zero-order chi connectivity index (χ0) is 21.1. The number of carbonyl (C=O) groups excluding carboxylic acids is 1. The minimum atomic E-state index is -0.910. The van der Waals surface area contributed by atoms with E-state index in [-0.39, 0.29) is 5.78 Å². The SMILES string of the molecule is COc1ccc(C2=C(c3ccc(OCc4ccccc4)cc3)C(=O)C(C)(C)O2)cc1. The van der Waals surface area contributed by atoms with E-state index in [0.29, 0.717) is 17.9 Å². The van der Waals surface area contributed by atoms with E-state index < -0.39 is 5.60 Å². The molecule has 0 spiro atoms. The molecule has 4 rings (SSSR count). The Morgan fingerprint density at radius 3 is 2.03 bits per heavy atom. The number of hydrogen-bond acceptors (Lipinski definition) is 4. The summed E-state index contributed by atoms with van der Waals surface area (Å²) in [5.41, 5.74) is 2.43. The van der Waals surface area contributed by atoms with E-state index in [9.17, 15) is 4.79 Å². The summed E-state index contributed by atoms with van der Waals surface area (Å²) < 4.78 is 17.2. The van der Waals surface area contributed by atoms with Crippen molar-refractivity contribution in [3.8, 4) is 11.5 Å². The summed E-state index contributed by atoms with van der Waals surface area (Å²) in [6, 6.07) is 25.1. The van der Waals surface area contributed by atoms with Crippen molar-refractivity contribution in [1.29, 1.82) is 0 Å². The van der Waals surface area contributed by atoms with Crippen molar-refractivity contribution in [3.63, 3.8) is 0 Å². The Labute approximate surface area is 176 Å². The minimum Gasteiger partial charge on any atom is -0.497 e. The molecule has 0 unspecified atom stereocenters. The minimum absolute atomic E-state index is 0.0359. The molecule has 152 valence electrons. The van der Waals surface area contributed by atoms with E-state index in [4.69, 9.17) is 14.2 Å². The van der Waals surface area contributed by atoms with Gasteiger partial charge in [0.25, 0.3) is 0 Å². The Kier molecular flexibility index (Phi) is 5.32. The second kappa shape index (κ2) is 8.07. The fourth-order valence-corrected chi connectivity index (χ4v) is 3.42. The van der Waals surface area contributed by atoms with E-state index >= 15 is 0 Å². The number of ketones is 1. The molecule has 0 fully saturated rings. The molecule has 3 aromatic carbocycles. The van der Waals surface area contributed by atoms with Crippen molar-refractivity contribution in [1.82, 2.24) is 0 Å².